The van der Waals surface area contributed by atoms with Gasteiger partial charge in [-0.25, -0.2) is 9.37 Å². The van der Waals surface area contributed by atoms with Crippen LogP contribution >= 0.6 is 23.2 Å². The van der Waals surface area contributed by atoms with Crippen molar-refractivity contribution in [3.8, 4) is 0 Å². The largest absolute Gasteiger partial charge is 0.322 e. The van der Waals surface area contributed by atoms with Crippen LogP contribution in [0.15, 0.2) is 30.6 Å². The second-order valence-corrected chi connectivity index (χ2v) is 5.54. The first-order chi connectivity index (χ1) is 10.1. The molecule has 21 heavy (non-hydrogen) atoms. The highest BCUT2D eigenvalue weighted by Gasteiger charge is 2.17. The van der Waals surface area contributed by atoms with Gasteiger partial charge in [0.05, 0.1) is 34.5 Å². The van der Waals surface area contributed by atoms with Crippen LogP contribution in [0.2, 0.25) is 5.02 Å². The number of hydrogen-bond acceptors (Lipinski definition) is 2. The molecule has 110 valence electrons. The molecule has 0 aliphatic heterocycles. The van der Waals surface area contributed by atoms with Crippen molar-refractivity contribution in [3.63, 3.8) is 0 Å². The smallest absolute Gasteiger partial charge is 0.144 e. The molecule has 0 spiro atoms. The summed E-state index contributed by atoms with van der Waals surface area (Å²) in [6, 6.07) is 4.82. The summed E-state index contributed by atoms with van der Waals surface area (Å²) in [6.45, 7) is 2.66. The van der Waals surface area contributed by atoms with Gasteiger partial charge in [-0.05, 0) is 19.1 Å². The Balaban J connectivity index is 2.09. The highest BCUT2D eigenvalue weighted by molar-refractivity contribution is 6.31. The van der Waals surface area contributed by atoms with Gasteiger partial charge in [0.15, 0.2) is 0 Å². The number of hydrogen-bond donors (Lipinski definition) is 0. The van der Waals surface area contributed by atoms with Crippen LogP contribution in [0.1, 0.15) is 18.8 Å². The fourth-order valence-corrected chi connectivity index (χ4v) is 2.83. The van der Waals surface area contributed by atoms with Gasteiger partial charge < -0.3 is 4.57 Å². The standard InChI is InChI=1S/C14H13Cl2FN4/c1-9(8-20-4-2-3-18-20)21-13-6-11(17)10(16)5-12(13)19-14(21)7-15/h2-6,9H,7-8H2,1H3. The van der Waals surface area contributed by atoms with Crippen LogP contribution in [0.3, 0.4) is 0 Å². The summed E-state index contributed by atoms with van der Waals surface area (Å²) in [4.78, 5) is 4.43. The van der Waals surface area contributed by atoms with Crippen LogP contribution in [0, 0.1) is 5.82 Å². The van der Waals surface area contributed by atoms with Gasteiger partial charge in [-0.1, -0.05) is 11.6 Å². The van der Waals surface area contributed by atoms with Crippen LogP contribution in [0.5, 0.6) is 0 Å². The van der Waals surface area contributed by atoms with E-state index in [0.29, 0.717) is 23.4 Å². The topological polar surface area (TPSA) is 35.6 Å². The molecule has 0 N–H and O–H groups in total. The van der Waals surface area contributed by atoms with Crippen LogP contribution in [-0.2, 0) is 12.4 Å². The first-order valence-corrected chi connectivity index (χ1v) is 7.40. The van der Waals surface area contributed by atoms with Gasteiger partial charge in [-0.2, -0.15) is 5.10 Å². The predicted molar refractivity (Wildman–Crippen MR) is 81.2 cm³/mol. The van der Waals surface area contributed by atoms with E-state index in [1.165, 1.54) is 12.1 Å². The van der Waals surface area contributed by atoms with Crippen molar-refractivity contribution in [2.45, 2.75) is 25.4 Å². The molecule has 0 saturated heterocycles. The lowest BCUT2D eigenvalue weighted by molar-refractivity contribution is 0.437. The highest BCUT2D eigenvalue weighted by atomic mass is 35.5. The molecule has 0 amide bonds. The lowest BCUT2D eigenvalue weighted by Gasteiger charge is -2.17. The van der Waals surface area contributed by atoms with Crippen molar-refractivity contribution in [2.75, 3.05) is 0 Å². The molecule has 3 aromatic rings. The second-order valence-electron chi connectivity index (χ2n) is 4.86. The van der Waals surface area contributed by atoms with Crippen molar-refractivity contribution in [1.82, 2.24) is 19.3 Å². The lowest BCUT2D eigenvalue weighted by atomic mass is 10.2. The molecule has 0 radical (unpaired) electrons. The van der Waals surface area contributed by atoms with E-state index in [0.717, 1.165) is 0 Å². The van der Waals surface area contributed by atoms with Crippen molar-refractivity contribution >= 4 is 34.2 Å². The normalized spacial score (nSPS) is 13.0. The van der Waals surface area contributed by atoms with Crippen molar-refractivity contribution in [3.05, 3.63) is 47.3 Å². The van der Waals surface area contributed by atoms with Gasteiger partial charge in [0.2, 0.25) is 0 Å². The van der Waals surface area contributed by atoms with Gasteiger partial charge in [0.25, 0.3) is 0 Å². The maximum absolute atomic E-state index is 13.8. The van der Waals surface area contributed by atoms with Crippen molar-refractivity contribution in [1.29, 1.82) is 0 Å². The van der Waals surface area contributed by atoms with E-state index in [-0.39, 0.29) is 16.9 Å². The fraction of sp³-hybridized carbons (Fsp3) is 0.286. The zero-order valence-electron chi connectivity index (χ0n) is 11.3. The molecule has 7 heteroatoms. The Bertz CT molecular complexity index is 767. The Labute approximate surface area is 131 Å². The van der Waals surface area contributed by atoms with E-state index in [2.05, 4.69) is 10.1 Å². The number of benzene rings is 1. The summed E-state index contributed by atoms with van der Waals surface area (Å²) < 4.78 is 17.5. The molecular weight excluding hydrogens is 314 g/mol. The number of nitrogens with zero attached hydrogens (tertiary/aromatic N) is 4. The zero-order valence-corrected chi connectivity index (χ0v) is 12.8. The summed E-state index contributed by atoms with van der Waals surface area (Å²) >= 11 is 11.8. The van der Waals surface area contributed by atoms with Crippen molar-refractivity contribution in [2.24, 2.45) is 0 Å². The molecule has 4 nitrogen and oxygen atoms in total. The Morgan fingerprint density at radius 2 is 2.19 bits per heavy atom. The number of halogens is 3. The lowest BCUT2D eigenvalue weighted by Crippen LogP contribution is -2.15. The number of rotatable bonds is 4. The van der Waals surface area contributed by atoms with E-state index >= 15 is 0 Å². The molecule has 2 heterocycles. The summed E-state index contributed by atoms with van der Waals surface area (Å²) in [7, 11) is 0. The maximum atomic E-state index is 13.8. The van der Waals surface area contributed by atoms with E-state index in [4.69, 9.17) is 23.2 Å². The number of alkyl halides is 1. The average molecular weight is 327 g/mol. The average Bonchev–Trinajstić information content (AvgIpc) is 3.06. The van der Waals surface area contributed by atoms with Crippen molar-refractivity contribution < 1.29 is 4.39 Å². The van der Waals surface area contributed by atoms with Gasteiger partial charge in [0, 0.05) is 18.5 Å². The molecule has 1 aromatic carbocycles. The molecule has 2 aromatic heterocycles. The highest BCUT2D eigenvalue weighted by Crippen LogP contribution is 2.27. The molecule has 0 fully saturated rings. The molecule has 0 bridgehead atoms. The number of imidazole rings is 1. The SMILES string of the molecule is CC(Cn1cccn1)n1c(CCl)nc2cc(Cl)c(F)cc21. The number of aromatic nitrogens is 4. The molecule has 0 aliphatic rings. The third kappa shape index (κ3) is 2.63. The summed E-state index contributed by atoms with van der Waals surface area (Å²) in [5.41, 5.74) is 1.33. The van der Waals surface area contributed by atoms with Gasteiger partial charge in [0.1, 0.15) is 11.6 Å². The molecule has 1 unspecified atom stereocenters. The third-order valence-electron chi connectivity index (χ3n) is 3.38. The van der Waals surface area contributed by atoms with Crippen LogP contribution < -0.4 is 0 Å². The number of fused-ring (bicyclic) bond motifs is 1. The van der Waals surface area contributed by atoms with Crippen LogP contribution in [0.25, 0.3) is 11.0 Å². The Kier molecular flexibility index (Phi) is 3.87. The molecule has 1 atom stereocenters. The van der Waals surface area contributed by atoms with E-state index in [9.17, 15) is 4.39 Å². The minimum absolute atomic E-state index is 0.0317. The van der Waals surface area contributed by atoms with Crippen LogP contribution in [0.4, 0.5) is 4.39 Å². The molecule has 3 rings (SSSR count). The Morgan fingerprint density at radius 3 is 2.86 bits per heavy atom. The summed E-state index contributed by atoms with van der Waals surface area (Å²) in [6.07, 6.45) is 3.61. The van der Waals surface area contributed by atoms with E-state index in [1.807, 2.05) is 28.4 Å². The van der Waals surface area contributed by atoms with Gasteiger partial charge in [-0.15, -0.1) is 11.6 Å². The third-order valence-corrected chi connectivity index (χ3v) is 3.90. The van der Waals surface area contributed by atoms with E-state index in [1.54, 1.807) is 6.20 Å². The summed E-state index contributed by atoms with van der Waals surface area (Å²) in [5, 5.41) is 4.25. The minimum Gasteiger partial charge on any atom is -0.322 e. The summed E-state index contributed by atoms with van der Waals surface area (Å²) in [5.74, 6) is 0.475. The molecule has 0 saturated carbocycles. The first-order valence-electron chi connectivity index (χ1n) is 6.49. The molecule has 0 aliphatic carbocycles. The Hall–Kier alpha value is -1.59. The van der Waals surface area contributed by atoms with E-state index < -0.39 is 5.82 Å². The first kappa shape index (κ1) is 14.4. The second kappa shape index (κ2) is 5.66. The van der Waals surface area contributed by atoms with Gasteiger partial charge in [-0.3, -0.25) is 4.68 Å². The minimum atomic E-state index is -0.460. The maximum Gasteiger partial charge on any atom is 0.144 e. The monoisotopic (exact) mass is 326 g/mol. The van der Waals surface area contributed by atoms with Crippen LogP contribution in [-0.4, -0.2) is 19.3 Å². The molecular formula is C14H13Cl2FN4. The fourth-order valence-electron chi connectivity index (χ4n) is 2.49. The Morgan fingerprint density at radius 1 is 1.38 bits per heavy atom. The van der Waals surface area contributed by atoms with Gasteiger partial charge >= 0.3 is 0 Å². The quantitative estimate of drug-likeness (QED) is 0.679. The zero-order chi connectivity index (χ0) is 15.0. The predicted octanol–water partition coefficient (Wildman–Crippen LogP) is 4.03.